The van der Waals surface area contributed by atoms with Crippen LogP contribution in [0.2, 0.25) is 0 Å². The van der Waals surface area contributed by atoms with Gasteiger partial charge in [0.25, 0.3) is 11.8 Å². The van der Waals surface area contributed by atoms with E-state index in [1.165, 1.54) is 0 Å². The lowest BCUT2D eigenvalue weighted by molar-refractivity contribution is -0.119. The Morgan fingerprint density at radius 2 is 1.42 bits per heavy atom. The highest BCUT2D eigenvalue weighted by molar-refractivity contribution is 6.60. The van der Waals surface area contributed by atoms with Gasteiger partial charge in [-0.25, -0.2) is 4.90 Å². The van der Waals surface area contributed by atoms with Gasteiger partial charge in [-0.1, -0.05) is 35.9 Å². The molecule has 0 unspecified atom stereocenters. The predicted octanol–water partition coefficient (Wildman–Crippen LogP) is 4.44. The molecule has 0 spiro atoms. The number of anilines is 1. The Labute approximate surface area is 146 Å². The van der Waals surface area contributed by atoms with E-state index in [2.05, 4.69) is 0 Å². The first-order valence-electron chi connectivity index (χ1n) is 7.74. The predicted molar refractivity (Wildman–Crippen MR) is 97.1 cm³/mol. The maximum absolute atomic E-state index is 12.9. The summed E-state index contributed by atoms with van der Waals surface area (Å²) >= 11 is 6.24. The molecule has 0 saturated heterocycles. The van der Waals surface area contributed by atoms with Crippen molar-refractivity contribution in [3.63, 3.8) is 0 Å². The molecule has 0 saturated carbocycles. The summed E-state index contributed by atoms with van der Waals surface area (Å²) in [6.45, 7) is 7.83. The van der Waals surface area contributed by atoms with Crippen LogP contribution in [0.15, 0.2) is 41.4 Å². The molecule has 2 amide bonds. The Hall–Kier alpha value is -2.39. The van der Waals surface area contributed by atoms with Crippen molar-refractivity contribution in [1.82, 2.24) is 0 Å². The number of aryl methyl sites for hydroxylation is 4. The van der Waals surface area contributed by atoms with Crippen LogP contribution in [0.4, 0.5) is 5.69 Å². The Bertz CT molecular complexity index is 892. The highest BCUT2D eigenvalue weighted by atomic mass is 35.5. The standard InChI is InChI=1S/C20H18ClNO2/c1-11-7-12(2)9-16(8-11)22-19(23)17(18(21)20(22)24)15-6-5-13(3)14(4)10-15/h5-10H,1-4H3. The Morgan fingerprint density at radius 1 is 0.792 bits per heavy atom. The third kappa shape index (κ3) is 2.65. The van der Waals surface area contributed by atoms with E-state index in [9.17, 15) is 9.59 Å². The van der Waals surface area contributed by atoms with Crippen LogP contribution in [0.5, 0.6) is 0 Å². The van der Waals surface area contributed by atoms with Crippen molar-refractivity contribution in [3.8, 4) is 0 Å². The molecule has 0 aromatic heterocycles. The van der Waals surface area contributed by atoms with Crippen LogP contribution in [0, 0.1) is 27.7 Å². The molecule has 3 rings (SSSR count). The zero-order valence-corrected chi connectivity index (χ0v) is 14.9. The van der Waals surface area contributed by atoms with E-state index >= 15 is 0 Å². The number of amides is 2. The maximum atomic E-state index is 12.9. The molecule has 3 nitrogen and oxygen atoms in total. The molecule has 0 radical (unpaired) electrons. The normalized spacial score (nSPS) is 14.8. The van der Waals surface area contributed by atoms with Crippen molar-refractivity contribution in [2.45, 2.75) is 27.7 Å². The number of hydrogen-bond donors (Lipinski definition) is 0. The fraction of sp³-hybridized carbons (Fsp3) is 0.200. The number of carbonyl (C=O) groups excluding carboxylic acids is 2. The van der Waals surface area contributed by atoms with Crippen LogP contribution >= 0.6 is 11.6 Å². The molecule has 0 aliphatic carbocycles. The first-order valence-corrected chi connectivity index (χ1v) is 8.12. The summed E-state index contributed by atoms with van der Waals surface area (Å²) in [4.78, 5) is 26.7. The van der Waals surface area contributed by atoms with Crippen LogP contribution < -0.4 is 4.90 Å². The molecule has 1 aliphatic rings. The van der Waals surface area contributed by atoms with E-state index < -0.39 is 5.91 Å². The second-order valence-electron chi connectivity index (χ2n) is 6.28. The van der Waals surface area contributed by atoms with E-state index in [-0.39, 0.29) is 16.5 Å². The summed E-state index contributed by atoms with van der Waals surface area (Å²) in [5, 5.41) is -0.0255. The minimum Gasteiger partial charge on any atom is -0.268 e. The Balaban J connectivity index is 2.09. The van der Waals surface area contributed by atoms with Crippen LogP contribution in [-0.4, -0.2) is 11.8 Å². The summed E-state index contributed by atoms with van der Waals surface area (Å²) in [5.74, 6) is -0.849. The molecule has 2 aromatic rings. The summed E-state index contributed by atoms with van der Waals surface area (Å²) in [7, 11) is 0. The SMILES string of the molecule is Cc1cc(C)cc(N2C(=O)C(Cl)=C(c3ccc(C)c(C)c3)C2=O)c1. The first kappa shape index (κ1) is 16.5. The van der Waals surface area contributed by atoms with E-state index in [1.807, 2.05) is 64.1 Å². The summed E-state index contributed by atoms with van der Waals surface area (Å²) in [6, 6.07) is 11.3. The lowest BCUT2D eigenvalue weighted by Crippen LogP contribution is -2.31. The first-order chi connectivity index (χ1) is 11.3. The van der Waals surface area contributed by atoms with Gasteiger partial charge in [-0.3, -0.25) is 9.59 Å². The molecule has 1 aliphatic heterocycles. The number of imide groups is 1. The molecule has 24 heavy (non-hydrogen) atoms. The average Bonchev–Trinajstić information content (AvgIpc) is 2.71. The van der Waals surface area contributed by atoms with Gasteiger partial charge in [0.05, 0.1) is 11.3 Å². The number of carbonyl (C=O) groups is 2. The van der Waals surface area contributed by atoms with E-state index in [4.69, 9.17) is 11.6 Å². The van der Waals surface area contributed by atoms with Gasteiger partial charge >= 0.3 is 0 Å². The minimum atomic E-state index is -0.472. The largest absolute Gasteiger partial charge is 0.277 e. The van der Waals surface area contributed by atoms with Crippen molar-refractivity contribution in [2.75, 3.05) is 4.90 Å². The van der Waals surface area contributed by atoms with Gasteiger partial charge in [0, 0.05) is 0 Å². The fourth-order valence-corrected chi connectivity index (χ4v) is 3.24. The molecule has 0 N–H and O–H groups in total. The maximum Gasteiger partial charge on any atom is 0.277 e. The topological polar surface area (TPSA) is 37.4 Å². The number of hydrogen-bond acceptors (Lipinski definition) is 2. The second-order valence-corrected chi connectivity index (χ2v) is 6.66. The van der Waals surface area contributed by atoms with Crippen molar-refractivity contribution in [1.29, 1.82) is 0 Å². The Kier molecular flexibility index (Phi) is 4.06. The molecule has 2 aromatic carbocycles. The molecule has 4 heteroatoms. The molecule has 122 valence electrons. The fourth-order valence-electron chi connectivity index (χ4n) is 2.96. The quantitative estimate of drug-likeness (QED) is 0.758. The molecule has 0 bridgehead atoms. The molecular formula is C20H18ClNO2. The summed E-state index contributed by atoms with van der Waals surface area (Å²) in [5.41, 5.74) is 5.65. The molecule has 0 fully saturated rings. The lowest BCUT2D eigenvalue weighted by atomic mass is 10.0. The third-order valence-electron chi connectivity index (χ3n) is 4.29. The van der Waals surface area contributed by atoms with Gasteiger partial charge in [-0.05, 0) is 67.6 Å². The van der Waals surface area contributed by atoms with Crippen LogP contribution in [-0.2, 0) is 9.59 Å². The van der Waals surface area contributed by atoms with Crippen LogP contribution in [0.3, 0.4) is 0 Å². The highest BCUT2D eigenvalue weighted by Gasteiger charge is 2.39. The Morgan fingerprint density at radius 3 is 2.00 bits per heavy atom. The highest BCUT2D eigenvalue weighted by Crippen LogP contribution is 2.35. The number of benzene rings is 2. The van der Waals surface area contributed by atoms with Gasteiger partial charge in [0.1, 0.15) is 5.03 Å². The molecular weight excluding hydrogens is 322 g/mol. The number of rotatable bonds is 2. The van der Waals surface area contributed by atoms with Gasteiger partial charge in [0.2, 0.25) is 0 Å². The number of halogens is 1. The summed E-state index contributed by atoms with van der Waals surface area (Å²) in [6.07, 6.45) is 0. The smallest absolute Gasteiger partial charge is 0.268 e. The van der Waals surface area contributed by atoms with Crippen molar-refractivity contribution in [3.05, 3.63) is 69.2 Å². The van der Waals surface area contributed by atoms with E-state index in [0.717, 1.165) is 27.2 Å². The van der Waals surface area contributed by atoms with Crippen molar-refractivity contribution < 1.29 is 9.59 Å². The van der Waals surface area contributed by atoms with Gasteiger partial charge < -0.3 is 0 Å². The molecule has 0 atom stereocenters. The average molecular weight is 340 g/mol. The third-order valence-corrected chi connectivity index (χ3v) is 4.64. The monoisotopic (exact) mass is 339 g/mol. The van der Waals surface area contributed by atoms with Gasteiger partial charge in [-0.15, -0.1) is 0 Å². The van der Waals surface area contributed by atoms with E-state index in [0.29, 0.717) is 11.3 Å². The van der Waals surface area contributed by atoms with Crippen molar-refractivity contribution in [2.24, 2.45) is 0 Å². The zero-order valence-electron chi connectivity index (χ0n) is 14.1. The van der Waals surface area contributed by atoms with Gasteiger partial charge in [0.15, 0.2) is 0 Å². The van der Waals surface area contributed by atoms with Crippen LogP contribution in [0.1, 0.15) is 27.8 Å². The molecule has 1 heterocycles. The summed E-state index contributed by atoms with van der Waals surface area (Å²) < 4.78 is 0. The van der Waals surface area contributed by atoms with Crippen molar-refractivity contribution >= 4 is 34.7 Å². The van der Waals surface area contributed by atoms with E-state index in [1.54, 1.807) is 0 Å². The van der Waals surface area contributed by atoms with Crippen LogP contribution in [0.25, 0.3) is 5.57 Å². The van der Waals surface area contributed by atoms with Gasteiger partial charge in [-0.2, -0.15) is 0 Å². The lowest BCUT2D eigenvalue weighted by Gasteiger charge is -2.16. The second kappa shape index (κ2) is 5.91. The number of nitrogens with zero attached hydrogens (tertiary/aromatic N) is 1. The zero-order chi connectivity index (χ0) is 17.6. The minimum absolute atomic E-state index is 0.0255.